The van der Waals surface area contributed by atoms with E-state index in [9.17, 15) is 4.79 Å². The summed E-state index contributed by atoms with van der Waals surface area (Å²) in [7, 11) is 1.79. The number of imidazole rings is 1. The van der Waals surface area contributed by atoms with Crippen LogP contribution in [-0.2, 0) is 17.9 Å². The second-order valence-electron chi connectivity index (χ2n) is 5.79. The summed E-state index contributed by atoms with van der Waals surface area (Å²) in [6.07, 6.45) is 0. The smallest absolute Gasteiger partial charge is 0.242 e. The van der Waals surface area contributed by atoms with E-state index in [0.29, 0.717) is 6.54 Å². The van der Waals surface area contributed by atoms with Crippen LogP contribution in [0.2, 0.25) is 0 Å². The van der Waals surface area contributed by atoms with Crippen LogP contribution in [0, 0.1) is 20.8 Å². The molecule has 23 heavy (non-hydrogen) atoms. The monoisotopic (exact) mass is 312 g/mol. The van der Waals surface area contributed by atoms with Crippen LogP contribution in [0.5, 0.6) is 0 Å². The summed E-state index contributed by atoms with van der Waals surface area (Å²) < 4.78 is 7.10. The van der Waals surface area contributed by atoms with Crippen molar-refractivity contribution in [2.24, 2.45) is 0 Å². The van der Waals surface area contributed by atoms with Gasteiger partial charge in [0.15, 0.2) is 0 Å². The molecule has 0 fully saturated rings. The Bertz CT molecular complexity index is 843. The first-order valence-electron chi connectivity index (χ1n) is 7.55. The van der Waals surface area contributed by atoms with Crippen molar-refractivity contribution in [3.63, 3.8) is 0 Å². The van der Waals surface area contributed by atoms with Gasteiger partial charge in [-0.15, -0.1) is 0 Å². The molecule has 2 heterocycles. The molecule has 3 rings (SSSR count). The van der Waals surface area contributed by atoms with E-state index in [0.717, 1.165) is 33.9 Å². The number of nitrogens with zero attached hydrogens (tertiary/aromatic N) is 4. The Balaban J connectivity index is 1.79. The number of fused-ring (bicyclic) bond motifs is 1. The number of hydrogen-bond acceptors (Lipinski definition) is 4. The minimum Gasteiger partial charge on any atom is -0.361 e. The van der Waals surface area contributed by atoms with E-state index in [-0.39, 0.29) is 12.5 Å². The predicted octanol–water partition coefficient (Wildman–Crippen LogP) is 2.61. The van der Waals surface area contributed by atoms with Crippen molar-refractivity contribution in [1.29, 1.82) is 0 Å². The summed E-state index contributed by atoms with van der Waals surface area (Å²) in [5, 5.41) is 3.93. The van der Waals surface area contributed by atoms with Crippen LogP contribution in [-0.4, -0.2) is 32.6 Å². The third-order valence-corrected chi connectivity index (χ3v) is 4.14. The van der Waals surface area contributed by atoms with Crippen molar-refractivity contribution in [3.8, 4) is 0 Å². The van der Waals surface area contributed by atoms with Gasteiger partial charge in [-0.25, -0.2) is 4.98 Å². The third-order valence-electron chi connectivity index (χ3n) is 4.14. The van der Waals surface area contributed by atoms with E-state index in [1.807, 2.05) is 49.6 Å². The van der Waals surface area contributed by atoms with Crippen molar-refractivity contribution in [2.75, 3.05) is 7.05 Å². The highest BCUT2D eigenvalue weighted by Gasteiger charge is 2.17. The Morgan fingerprint density at radius 1 is 1.26 bits per heavy atom. The minimum absolute atomic E-state index is 0.0243. The quantitative estimate of drug-likeness (QED) is 0.743. The van der Waals surface area contributed by atoms with E-state index in [2.05, 4.69) is 10.1 Å². The molecule has 0 spiro atoms. The van der Waals surface area contributed by atoms with Crippen LogP contribution in [0.4, 0.5) is 0 Å². The molecular formula is C17H20N4O2. The van der Waals surface area contributed by atoms with Gasteiger partial charge in [0, 0.05) is 12.6 Å². The normalized spacial score (nSPS) is 11.1. The van der Waals surface area contributed by atoms with Crippen molar-refractivity contribution in [3.05, 3.63) is 47.1 Å². The number of carbonyl (C=O) groups excluding carboxylic acids is 1. The van der Waals surface area contributed by atoms with Gasteiger partial charge < -0.3 is 14.0 Å². The molecule has 0 aliphatic rings. The molecule has 0 aliphatic carbocycles. The number of hydrogen-bond donors (Lipinski definition) is 0. The molecule has 6 heteroatoms. The van der Waals surface area contributed by atoms with E-state index in [1.54, 1.807) is 11.9 Å². The highest BCUT2D eigenvalue weighted by molar-refractivity contribution is 5.81. The first-order chi connectivity index (χ1) is 11.0. The summed E-state index contributed by atoms with van der Waals surface area (Å²) in [6, 6.07) is 7.84. The molecule has 0 bridgehead atoms. The van der Waals surface area contributed by atoms with Gasteiger partial charge in [-0.05, 0) is 32.9 Å². The first kappa shape index (κ1) is 15.3. The van der Waals surface area contributed by atoms with Crippen LogP contribution in [0.1, 0.15) is 22.8 Å². The number of benzene rings is 1. The van der Waals surface area contributed by atoms with Gasteiger partial charge in [-0.2, -0.15) is 0 Å². The fourth-order valence-electron chi connectivity index (χ4n) is 2.70. The van der Waals surface area contributed by atoms with Crippen molar-refractivity contribution in [1.82, 2.24) is 19.6 Å². The maximum atomic E-state index is 12.6. The highest BCUT2D eigenvalue weighted by atomic mass is 16.5. The molecule has 0 unspecified atom stereocenters. The average Bonchev–Trinajstić information content (AvgIpc) is 3.01. The van der Waals surface area contributed by atoms with Gasteiger partial charge in [0.1, 0.15) is 18.1 Å². The molecule has 1 aromatic carbocycles. The van der Waals surface area contributed by atoms with Crippen LogP contribution in [0.25, 0.3) is 11.0 Å². The molecule has 0 radical (unpaired) electrons. The molecule has 0 saturated heterocycles. The molecule has 1 amide bonds. The zero-order valence-corrected chi connectivity index (χ0v) is 13.8. The van der Waals surface area contributed by atoms with Gasteiger partial charge in [-0.1, -0.05) is 17.3 Å². The highest BCUT2D eigenvalue weighted by Crippen LogP contribution is 2.17. The van der Waals surface area contributed by atoms with Gasteiger partial charge in [-0.3, -0.25) is 4.79 Å². The molecule has 0 saturated carbocycles. The largest absolute Gasteiger partial charge is 0.361 e. The molecule has 2 aromatic heterocycles. The average molecular weight is 312 g/mol. The fraction of sp³-hybridized carbons (Fsp3) is 0.353. The second-order valence-corrected chi connectivity index (χ2v) is 5.79. The van der Waals surface area contributed by atoms with Gasteiger partial charge >= 0.3 is 0 Å². The second kappa shape index (κ2) is 5.87. The SMILES string of the molecule is Cc1noc(C)c1CN(C)C(=O)Cn1c(C)nc2ccccc21. The molecular weight excluding hydrogens is 292 g/mol. The van der Waals surface area contributed by atoms with E-state index in [4.69, 9.17) is 4.52 Å². The van der Waals surface area contributed by atoms with E-state index < -0.39 is 0 Å². The number of aryl methyl sites for hydroxylation is 3. The molecule has 3 aromatic rings. The molecule has 0 atom stereocenters. The lowest BCUT2D eigenvalue weighted by atomic mass is 10.2. The molecule has 120 valence electrons. The van der Waals surface area contributed by atoms with E-state index >= 15 is 0 Å². The van der Waals surface area contributed by atoms with Gasteiger partial charge in [0.05, 0.1) is 23.3 Å². The summed E-state index contributed by atoms with van der Waals surface area (Å²) in [5.41, 5.74) is 3.68. The Hall–Kier alpha value is -2.63. The molecule has 0 aliphatic heterocycles. The summed E-state index contributed by atoms with van der Waals surface area (Å²) in [6.45, 7) is 6.43. The number of likely N-dealkylation sites (N-methyl/N-ethyl adjacent to an activating group) is 1. The Morgan fingerprint density at radius 3 is 2.70 bits per heavy atom. The lowest BCUT2D eigenvalue weighted by molar-refractivity contribution is -0.131. The van der Waals surface area contributed by atoms with Crippen LogP contribution in [0.3, 0.4) is 0 Å². The zero-order valence-electron chi connectivity index (χ0n) is 13.8. The lowest BCUT2D eigenvalue weighted by Gasteiger charge is -2.18. The molecule has 6 nitrogen and oxygen atoms in total. The third kappa shape index (κ3) is 2.84. The number of amides is 1. The maximum Gasteiger partial charge on any atom is 0.242 e. The maximum absolute atomic E-state index is 12.6. The van der Waals surface area contributed by atoms with Crippen LogP contribution >= 0.6 is 0 Å². The number of aromatic nitrogens is 3. The predicted molar refractivity (Wildman–Crippen MR) is 86.9 cm³/mol. The van der Waals surface area contributed by atoms with Crippen molar-refractivity contribution in [2.45, 2.75) is 33.9 Å². The lowest BCUT2D eigenvalue weighted by Crippen LogP contribution is -2.30. The van der Waals surface area contributed by atoms with Crippen molar-refractivity contribution >= 4 is 16.9 Å². The summed E-state index contributed by atoms with van der Waals surface area (Å²) in [4.78, 5) is 18.8. The Morgan fingerprint density at radius 2 is 2.00 bits per heavy atom. The van der Waals surface area contributed by atoms with Crippen LogP contribution < -0.4 is 0 Å². The standard InChI is InChI=1S/C17H20N4O2/c1-11-14(12(2)23-19-11)9-20(4)17(22)10-21-13(3)18-15-7-5-6-8-16(15)21/h5-8H,9-10H2,1-4H3. The molecule has 0 N–H and O–H groups in total. The Labute approximate surface area is 134 Å². The first-order valence-corrected chi connectivity index (χ1v) is 7.55. The summed E-state index contributed by atoms with van der Waals surface area (Å²) >= 11 is 0. The number of carbonyl (C=O) groups is 1. The fourth-order valence-corrected chi connectivity index (χ4v) is 2.70. The minimum atomic E-state index is 0.0243. The number of para-hydroxylation sites is 2. The van der Waals surface area contributed by atoms with Crippen LogP contribution in [0.15, 0.2) is 28.8 Å². The van der Waals surface area contributed by atoms with Gasteiger partial charge in [0.2, 0.25) is 5.91 Å². The summed E-state index contributed by atoms with van der Waals surface area (Å²) in [5.74, 6) is 1.62. The topological polar surface area (TPSA) is 64.2 Å². The zero-order chi connectivity index (χ0) is 16.6. The van der Waals surface area contributed by atoms with E-state index in [1.165, 1.54) is 0 Å². The Kier molecular flexibility index (Phi) is 3.90. The van der Waals surface area contributed by atoms with Crippen molar-refractivity contribution < 1.29 is 9.32 Å². The number of rotatable bonds is 4. The van der Waals surface area contributed by atoms with Gasteiger partial charge in [0.25, 0.3) is 0 Å².